The fraction of sp³-hybridized carbons (Fsp3) is 0.286. The predicted molar refractivity (Wildman–Crippen MR) is 80.4 cm³/mol. The second kappa shape index (κ2) is 6.00. The van der Waals surface area contributed by atoms with Crippen LogP contribution in [0.15, 0.2) is 29.1 Å². The summed E-state index contributed by atoms with van der Waals surface area (Å²) in [6.45, 7) is 1.83. The fourth-order valence-corrected chi connectivity index (χ4v) is 2.13. The minimum Gasteiger partial charge on any atom is -0.493 e. The van der Waals surface area contributed by atoms with Gasteiger partial charge in [0.25, 0.3) is 0 Å². The average molecular weight is 292 g/mol. The SMILES string of the molecule is COc1ccc(-n2nc(CS)c(=O)cc2C)cc1OC. The Labute approximate surface area is 122 Å². The molecule has 20 heavy (non-hydrogen) atoms. The summed E-state index contributed by atoms with van der Waals surface area (Å²) in [5, 5.41) is 4.32. The number of thiol groups is 1. The number of benzene rings is 1. The van der Waals surface area contributed by atoms with Crippen molar-refractivity contribution in [2.24, 2.45) is 0 Å². The first-order valence-corrected chi connectivity index (χ1v) is 6.67. The van der Waals surface area contributed by atoms with Crippen LogP contribution >= 0.6 is 12.6 Å². The van der Waals surface area contributed by atoms with Crippen LogP contribution in [0, 0.1) is 6.92 Å². The molecule has 0 spiro atoms. The van der Waals surface area contributed by atoms with Gasteiger partial charge < -0.3 is 9.47 Å². The molecular formula is C14H16N2O3S. The van der Waals surface area contributed by atoms with E-state index in [0.717, 1.165) is 11.4 Å². The zero-order chi connectivity index (χ0) is 14.7. The van der Waals surface area contributed by atoms with Gasteiger partial charge in [0.2, 0.25) is 5.43 Å². The van der Waals surface area contributed by atoms with E-state index in [2.05, 4.69) is 17.7 Å². The maximum absolute atomic E-state index is 11.7. The van der Waals surface area contributed by atoms with Crippen LogP contribution in [-0.2, 0) is 5.75 Å². The summed E-state index contributed by atoms with van der Waals surface area (Å²) in [5.74, 6) is 1.55. The minimum absolute atomic E-state index is 0.103. The standard InChI is InChI=1S/C14H16N2O3S/c1-9-6-12(17)11(8-20)15-16(9)10-4-5-13(18-2)14(7-10)19-3/h4-7,20H,8H2,1-3H3. The Hall–Kier alpha value is -1.95. The molecule has 106 valence electrons. The molecule has 5 nitrogen and oxygen atoms in total. The van der Waals surface area contributed by atoms with Gasteiger partial charge in [-0.1, -0.05) is 0 Å². The molecule has 0 aliphatic rings. The van der Waals surface area contributed by atoms with Gasteiger partial charge in [0, 0.05) is 23.6 Å². The molecule has 0 aliphatic heterocycles. The highest BCUT2D eigenvalue weighted by atomic mass is 32.1. The van der Waals surface area contributed by atoms with Crippen molar-refractivity contribution in [3.05, 3.63) is 45.9 Å². The Kier molecular flexibility index (Phi) is 4.34. The molecule has 0 saturated heterocycles. The molecule has 2 rings (SSSR count). The van der Waals surface area contributed by atoms with E-state index in [0.29, 0.717) is 22.9 Å². The number of hydrogen-bond donors (Lipinski definition) is 1. The fourth-order valence-electron chi connectivity index (χ4n) is 1.91. The molecule has 1 aromatic heterocycles. The molecule has 0 radical (unpaired) electrons. The lowest BCUT2D eigenvalue weighted by atomic mass is 10.2. The molecule has 0 fully saturated rings. The van der Waals surface area contributed by atoms with E-state index in [1.165, 1.54) is 0 Å². The molecule has 0 atom stereocenters. The topological polar surface area (TPSA) is 53.4 Å². The van der Waals surface area contributed by atoms with E-state index >= 15 is 0 Å². The predicted octanol–water partition coefficient (Wildman–Crippen LogP) is 1.99. The molecule has 1 heterocycles. The van der Waals surface area contributed by atoms with Gasteiger partial charge in [0.05, 0.1) is 19.9 Å². The van der Waals surface area contributed by atoms with E-state index in [1.807, 2.05) is 19.1 Å². The third-order valence-electron chi connectivity index (χ3n) is 2.94. The smallest absolute Gasteiger partial charge is 0.204 e. The van der Waals surface area contributed by atoms with E-state index in [-0.39, 0.29) is 5.43 Å². The summed E-state index contributed by atoms with van der Waals surface area (Å²) in [7, 11) is 3.16. The Bertz CT molecular complexity index is 683. The monoisotopic (exact) mass is 292 g/mol. The van der Waals surface area contributed by atoms with Gasteiger partial charge in [0.15, 0.2) is 11.5 Å². The molecule has 1 aromatic carbocycles. The van der Waals surface area contributed by atoms with Crippen molar-refractivity contribution >= 4 is 12.6 Å². The third-order valence-corrected chi connectivity index (χ3v) is 3.24. The number of methoxy groups -OCH3 is 2. The van der Waals surface area contributed by atoms with E-state index < -0.39 is 0 Å². The summed E-state index contributed by atoms with van der Waals surface area (Å²) < 4.78 is 12.2. The summed E-state index contributed by atoms with van der Waals surface area (Å²) in [5.41, 5.74) is 1.85. The van der Waals surface area contributed by atoms with Crippen molar-refractivity contribution in [2.45, 2.75) is 12.7 Å². The number of nitrogens with zero attached hydrogens (tertiary/aromatic N) is 2. The zero-order valence-electron chi connectivity index (χ0n) is 11.6. The van der Waals surface area contributed by atoms with E-state index in [4.69, 9.17) is 9.47 Å². The summed E-state index contributed by atoms with van der Waals surface area (Å²) >= 11 is 4.12. The summed E-state index contributed by atoms with van der Waals surface area (Å²) in [6.07, 6.45) is 0. The molecule has 0 bridgehead atoms. The Morgan fingerprint density at radius 2 is 1.90 bits per heavy atom. The Morgan fingerprint density at radius 1 is 1.20 bits per heavy atom. The number of aryl methyl sites for hydroxylation is 1. The number of aromatic nitrogens is 2. The maximum atomic E-state index is 11.7. The van der Waals surface area contributed by atoms with Crippen LogP contribution in [0.25, 0.3) is 5.69 Å². The minimum atomic E-state index is -0.103. The van der Waals surface area contributed by atoms with Gasteiger partial charge in [-0.05, 0) is 19.1 Å². The highest BCUT2D eigenvalue weighted by molar-refractivity contribution is 7.79. The summed E-state index contributed by atoms with van der Waals surface area (Å²) in [4.78, 5) is 11.7. The molecule has 0 saturated carbocycles. The lowest BCUT2D eigenvalue weighted by Crippen LogP contribution is -2.17. The molecule has 0 unspecified atom stereocenters. The largest absolute Gasteiger partial charge is 0.493 e. The third kappa shape index (κ3) is 2.65. The quantitative estimate of drug-likeness (QED) is 0.876. The van der Waals surface area contributed by atoms with Crippen molar-refractivity contribution in [1.82, 2.24) is 9.78 Å². The van der Waals surface area contributed by atoms with Crippen LogP contribution in [0.3, 0.4) is 0 Å². The van der Waals surface area contributed by atoms with Gasteiger partial charge >= 0.3 is 0 Å². The molecule has 0 amide bonds. The Morgan fingerprint density at radius 3 is 2.50 bits per heavy atom. The maximum Gasteiger partial charge on any atom is 0.204 e. The normalized spacial score (nSPS) is 10.4. The van der Waals surface area contributed by atoms with Crippen molar-refractivity contribution in [1.29, 1.82) is 0 Å². The molecule has 6 heteroatoms. The first-order valence-electron chi connectivity index (χ1n) is 6.03. The van der Waals surface area contributed by atoms with Crippen LogP contribution in [0.2, 0.25) is 0 Å². The lowest BCUT2D eigenvalue weighted by molar-refractivity contribution is 0.354. The van der Waals surface area contributed by atoms with Crippen LogP contribution in [0.1, 0.15) is 11.4 Å². The molecular weight excluding hydrogens is 276 g/mol. The van der Waals surface area contributed by atoms with E-state index in [9.17, 15) is 4.79 Å². The van der Waals surface area contributed by atoms with Crippen molar-refractivity contribution in [3.63, 3.8) is 0 Å². The van der Waals surface area contributed by atoms with Crippen LogP contribution < -0.4 is 14.9 Å². The van der Waals surface area contributed by atoms with Gasteiger partial charge in [-0.25, -0.2) is 4.68 Å². The highest BCUT2D eigenvalue weighted by Crippen LogP contribution is 2.29. The van der Waals surface area contributed by atoms with Gasteiger partial charge in [-0.2, -0.15) is 17.7 Å². The second-order valence-electron chi connectivity index (χ2n) is 4.21. The number of rotatable bonds is 4. The second-order valence-corrected chi connectivity index (χ2v) is 4.52. The van der Waals surface area contributed by atoms with Gasteiger partial charge in [0.1, 0.15) is 5.69 Å². The highest BCUT2D eigenvalue weighted by Gasteiger charge is 2.10. The van der Waals surface area contributed by atoms with Crippen molar-refractivity contribution < 1.29 is 9.47 Å². The first-order chi connectivity index (χ1) is 9.60. The molecule has 2 aromatic rings. The van der Waals surface area contributed by atoms with Crippen LogP contribution in [0.5, 0.6) is 11.5 Å². The van der Waals surface area contributed by atoms with Crippen molar-refractivity contribution in [3.8, 4) is 17.2 Å². The van der Waals surface area contributed by atoms with Crippen molar-refractivity contribution in [2.75, 3.05) is 14.2 Å². The first kappa shape index (κ1) is 14.5. The molecule has 0 aliphatic carbocycles. The summed E-state index contributed by atoms with van der Waals surface area (Å²) in [6, 6.07) is 7.02. The lowest BCUT2D eigenvalue weighted by Gasteiger charge is -2.13. The number of ether oxygens (including phenoxy) is 2. The average Bonchev–Trinajstić information content (AvgIpc) is 2.46. The molecule has 0 N–H and O–H groups in total. The van der Waals surface area contributed by atoms with Crippen LogP contribution in [0.4, 0.5) is 0 Å². The van der Waals surface area contributed by atoms with Gasteiger partial charge in [-0.15, -0.1) is 0 Å². The van der Waals surface area contributed by atoms with Crippen LogP contribution in [-0.4, -0.2) is 24.0 Å². The van der Waals surface area contributed by atoms with Gasteiger partial charge in [-0.3, -0.25) is 4.79 Å². The Balaban J connectivity index is 2.59. The number of hydrogen-bond acceptors (Lipinski definition) is 5. The zero-order valence-corrected chi connectivity index (χ0v) is 12.5. The van der Waals surface area contributed by atoms with E-state index in [1.54, 1.807) is 31.0 Å².